The molecule has 0 saturated heterocycles. The SMILES string of the molecule is COc1ccc(CC(CC(O)C(Cc2ccccc2)NC(=O)OC(C)(C)C)C(=O)NC(C(=O)NCCN(C)C)C(C)C)cc1. The number of nitrogens with zero attached hydrogens (tertiary/aromatic N) is 1. The first-order valence-electron chi connectivity index (χ1n) is 15.3. The van der Waals surface area contributed by atoms with Gasteiger partial charge < -0.3 is 35.4 Å². The molecule has 4 N–H and O–H groups in total. The van der Waals surface area contributed by atoms with Gasteiger partial charge in [0.15, 0.2) is 0 Å². The van der Waals surface area contributed by atoms with Crippen LogP contribution in [0.15, 0.2) is 54.6 Å². The first-order valence-corrected chi connectivity index (χ1v) is 15.3. The number of hydrogen-bond donors (Lipinski definition) is 4. The van der Waals surface area contributed by atoms with Gasteiger partial charge in [-0.05, 0) is 83.3 Å². The minimum atomic E-state index is -1.09. The monoisotopic (exact) mass is 612 g/mol. The van der Waals surface area contributed by atoms with Crippen molar-refractivity contribution >= 4 is 17.9 Å². The molecule has 0 spiro atoms. The van der Waals surface area contributed by atoms with Gasteiger partial charge in [-0.2, -0.15) is 0 Å². The van der Waals surface area contributed by atoms with Crippen LogP contribution in [-0.2, 0) is 27.2 Å². The zero-order valence-electron chi connectivity index (χ0n) is 27.6. The molecule has 2 aromatic carbocycles. The van der Waals surface area contributed by atoms with Crippen LogP contribution in [0.5, 0.6) is 5.75 Å². The molecule has 4 unspecified atom stereocenters. The second-order valence-corrected chi connectivity index (χ2v) is 12.8. The van der Waals surface area contributed by atoms with Crippen molar-refractivity contribution in [2.24, 2.45) is 11.8 Å². The number of hydrogen-bond acceptors (Lipinski definition) is 7. The number of nitrogens with one attached hydrogen (secondary N) is 3. The Labute approximate surface area is 262 Å². The van der Waals surface area contributed by atoms with E-state index in [4.69, 9.17) is 9.47 Å². The van der Waals surface area contributed by atoms with Crippen molar-refractivity contribution in [2.45, 2.75) is 77.7 Å². The third-order valence-electron chi connectivity index (χ3n) is 7.11. The normalized spacial score (nSPS) is 14.3. The van der Waals surface area contributed by atoms with E-state index in [0.29, 0.717) is 31.7 Å². The fourth-order valence-electron chi connectivity index (χ4n) is 4.71. The predicted molar refractivity (Wildman–Crippen MR) is 172 cm³/mol. The van der Waals surface area contributed by atoms with Crippen LogP contribution in [0.4, 0.5) is 4.79 Å². The highest BCUT2D eigenvalue weighted by Crippen LogP contribution is 2.22. The molecule has 0 aliphatic carbocycles. The second-order valence-electron chi connectivity index (χ2n) is 12.8. The summed E-state index contributed by atoms with van der Waals surface area (Å²) in [6.07, 6.45) is -1.06. The van der Waals surface area contributed by atoms with Gasteiger partial charge in [-0.3, -0.25) is 9.59 Å². The van der Waals surface area contributed by atoms with Gasteiger partial charge in [0, 0.05) is 19.0 Å². The molecule has 0 fully saturated rings. The zero-order valence-corrected chi connectivity index (χ0v) is 27.6. The molecule has 0 radical (unpaired) electrons. The van der Waals surface area contributed by atoms with Crippen LogP contribution in [0.3, 0.4) is 0 Å². The Balaban J connectivity index is 2.32. The van der Waals surface area contributed by atoms with Crippen molar-refractivity contribution in [3.8, 4) is 5.75 Å². The van der Waals surface area contributed by atoms with Crippen LogP contribution in [0, 0.1) is 11.8 Å². The standard InChI is InChI=1S/C34H52N4O6/c1-23(2)30(32(41)35-18-19-38(6)7)37-31(40)26(20-25-14-16-27(43-8)17-15-25)22-29(39)28(21-24-12-10-9-11-13-24)36-33(42)44-34(3,4)5/h9-17,23,26,28-30,39H,18-22H2,1-8H3,(H,35,41)(H,36,42)(H,37,40). The Morgan fingerprint density at radius 2 is 1.50 bits per heavy atom. The Kier molecular flexibility index (Phi) is 14.6. The third-order valence-corrected chi connectivity index (χ3v) is 7.11. The van der Waals surface area contributed by atoms with E-state index in [1.54, 1.807) is 27.9 Å². The summed E-state index contributed by atoms with van der Waals surface area (Å²) in [5.74, 6) is -0.782. The van der Waals surface area contributed by atoms with Crippen LogP contribution in [0.2, 0.25) is 0 Å². The summed E-state index contributed by atoms with van der Waals surface area (Å²) in [4.78, 5) is 41.6. The number of carbonyl (C=O) groups is 3. The van der Waals surface area contributed by atoms with Crippen molar-refractivity contribution in [3.05, 3.63) is 65.7 Å². The summed E-state index contributed by atoms with van der Waals surface area (Å²) in [6.45, 7) is 10.2. The van der Waals surface area contributed by atoms with Crippen LogP contribution < -0.4 is 20.7 Å². The topological polar surface area (TPSA) is 129 Å². The van der Waals surface area contributed by atoms with E-state index >= 15 is 0 Å². The molecular weight excluding hydrogens is 560 g/mol. The molecule has 0 aliphatic heterocycles. The first-order chi connectivity index (χ1) is 20.7. The quantitative estimate of drug-likeness (QED) is 0.228. The maximum absolute atomic E-state index is 13.9. The summed E-state index contributed by atoms with van der Waals surface area (Å²) in [5, 5.41) is 20.2. The highest BCUT2D eigenvalue weighted by atomic mass is 16.6. The van der Waals surface area contributed by atoms with Gasteiger partial charge in [0.05, 0.1) is 19.3 Å². The highest BCUT2D eigenvalue weighted by Gasteiger charge is 2.32. The number of aliphatic hydroxyl groups is 1. The Bertz CT molecular complexity index is 1160. The van der Waals surface area contributed by atoms with E-state index in [-0.39, 0.29) is 24.2 Å². The molecule has 2 aromatic rings. The summed E-state index contributed by atoms with van der Waals surface area (Å²) < 4.78 is 10.8. The van der Waals surface area contributed by atoms with Crippen molar-refractivity contribution in [3.63, 3.8) is 0 Å². The molecule has 0 aliphatic rings. The molecule has 0 aromatic heterocycles. The van der Waals surface area contributed by atoms with E-state index in [1.807, 2.05) is 87.4 Å². The Hall–Kier alpha value is -3.63. The fraction of sp³-hybridized carbons (Fsp3) is 0.559. The van der Waals surface area contributed by atoms with Gasteiger partial charge in [0.1, 0.15) is 17.4 Å². The molecule has 10 heteroatoms. The molecule has 4 atom stereocenters. The molecule has 2 rings (SSSR count). The third kappa shape index (κ3) is 13.3. The van der Waals surface area contributed by atoms with Crippen molar-refractivity contribution in [1.29, 1.82) is 0 Å². The number of aliphatic hydroxyl groups excluding tert-OH is 1. The van der Waals surface area contributed by atoms with Gasteiger partial charge in [-0.25, -0.2) is 4.79 Å². The molecule has 0 bridgehead atoms. The lowest BCUT2D eigenvalue weighted by Gasteiger charge is -2.30. The first kappa shape index (κ1) is 36.6. The van der Waals surface area contributed by atoms with Gasteiger partial charge in [-0.15, -0.1) is 0 Å². The average molecular weight is 613 g/mol. The largest absolute Gasteiger partial charge is 0.497 e. The van der Waals surface area contributed by atoms with Crippen LogP contribution in [-0.4, -0.2) is 86.0 Å². The second kappa shape index (κ2) is 17.6. The van der Waals surface area contributed by atoms with E-state index in [2.05, 4.69) is 16.0 Å². The van der Waals surface area contributed by atoms with Crippen molar-refractivity contribution in [1.82, 2.24) is 20.9 Å². The summed E-state index contributed by atoms with van der Waals surface area (Å²) in [5.41, 5.74) is 1.06. The fourth-order valence-corrected chi connectivity index (χ4v) is 4.71. The summed E-state index contributed by atoms with van der Waals surface area (Å²) in [6, 6.07) is 15.4. The molecule has 0 heterocycles. The van der Waals surface area contributed by atoms with Gasteiger partial charge >= 0.3 is 6.09 Å². The van der Waals surface area contributed by atoms with Gasteiger partial charge in [0.2, 0.25) is 11.8 Å². The number of rotatable bonds is 16. The van der Waals surface area contributed by atoms with E-state index in [9.17, 15) is 19.5 Å². The number of methoxy groups -OCH3 is 1. The number of ether oxygens (including phenoxy) is 2. The lowest BCUT2D eigenvalue weighted by Crippen LogP contribution is -2.53. The van der Waals surface area contributed by atoms with Crippen LogP contribution in [0.25, 0.3) is 0 Å². The van der Waals surface area contributed by atoms with Crippen molar-refractivity contribution < 1.29 is 29.0 Å². The van der Waals surface area contributed by atoms with Gasteiger partial charge in [-0.1, -0.05) is 56.3 Å². The number of amides is 3. The predicted octanol–water partition coefficient (Wildman–Crippen LogP) is 3.56. The minimum Gasteiger partial charge on any atom is -0.497 e. The maximum Gasteiger partial charge on any atom is 0.407 e. The minimum absolute atomic E-state index is 0.0399. The average Bonchev–Trinajstić information content (AvgIpc) is 2.94. The van der Waals surface area contributed by atoms with Crippen LogP contribution in [0.1, 0.15) is 52.2 Å². The Morgan fingerprint density at radius 1 is 0.886 bits per heavy atom. The van der Waals surface area contributed by atoms with E-state index in [1.165, 1.54) is 0 Å². The number of carbonyl (C=O) groups excluding carboxylic acids is 3. The Morgan fingerprint density at radius 3 is 2.05 bits per heavy atom. The molecule has 244 valence electrons. The lowest BCUT2D eigenvalue weighted by atomic mass is 9.88. The number of likely N-dealkylation sites (N-methyl/N-ethyl adjacent to an activating group) is 1. The molecule has 3 amide bonds. The summed E-state index contributed by atoms with van der Waals surface area (Å²) >= 11 is 0. The molecule has 44 heavy (non-hydrogen) atoms. The van der Waals surface area contributed by atoms with Crippen LogP contribution >= 0.6 is 0 Å². The lowest BCUT2D eigenvalue weighted by molar-refractivity contribution is -0.132. The maximum atomic E-state index is 13.9. The van der Waals surface area contributed by atoms with E-state index < -0.39 is 35.8 Å². The zero-order chi connectivity index (χ0) is 32.9. The van der Waals surface area contributed by atoms with E-state index in [0.717, 1.165) is 11.1 Å². The number of benzene rings is 2. The number of alkyl carbamates (subject to hydrolysis) is 1. The van der Waals surface area contributed by atoms with Crippen molar-refractivity contribution in [2.75, 3.05) is 34.3 Å². The molecule has 10 nitrogen and oxygen atoms in total. The smallest absolute Gasteiger partial charge is 0.407 e. The summed E-state index contributed by atoms with van der Waals surface area (Å²) in [7, 11) is 5.43. The highest BCUT2D eigenvalue weighted by molar-refractivity contribution is 5.88. The van der Waals surface area contributed by atoms with Gasteiger partial charge in [0.25, 0.3) is 0 Å². The molecular formula is C34H52N4O6. The molecule has 0 saturated carbocycles.